The maximum absolute atomic E-state index is 12.4. The molecule has 0 saturated heterocycles. The first-order chi connectivity index (χ1) is 9.63. The molecule has 0 fully saturated rings. The fourth-order valence-electron chi connectivity index (χ4n) is 2.16. The van der Waals surface area contributed by atoms with Crippen molar-refractivity contribution in [1.82, 2.24) is 4.90 Å². The van der Waals surface area contributed by atoms with Gasteiger partial charge >= 0.3 is 0 Å². The molecule has 3 nitrogen and oxygen atoms in total. The molecule has 0 aliphatic heterocycles. The van der Waals surface area contributed by atoms with Crippen LogP contribution in [0.25, 0.3) is 0 Å². The van der Waals surface area contributed by atoms with E-state index in [1.165, 1.54) is 0 Å². The first kappa shape index (κ1) is 16.5. The lowest BCUT2D eigenvalue weighted by molar-refractivity contribution is -0.133. The molecule has 0 saturated carbocycles. The van der Waals surface area contributed by atoms with Crippen LogP contribution in [0.5, 0.6) is 0 Å². The first-order valence-electron chi connectivity index (χ1n) is 7.05. The van der Waals surface area contributed by atoms with E-state index in [1.54, 1.807) is 11.0 Å². The lowest BCUT2D eigenvalue weighted by Crippen LogP contribution is -2.37. The molecule has 108 valence electrons. The standard InChI is InChI=1S/C16H21ClN2O/c1-3-9-19(10-4-2)16(20)14(12-18)11-13-7-5-6-8-15(13)17/h5-8,14H,3-4,9-11H2,1-2H3. The number of rotatable bonds is 7. The summed E-state index contributed by atoms with van der Waals surface area (Å²) in [6.07, 6.45) is 2.17. The zero-order chi connectivity index (χ0) is 15.0. The maximum Gasteiger partial charge on any atom is 0.240 e. The van der Waals surface area contributed by atoms with Crippen molar-refractivity contribution in [3.8, 4) is 6.07 Å². The van der Waals surface area contributed by atoms with Crippen LogP contribution in [-0.4, -0.2) is 23.9 Å². The molecular weight excluding hydrogens is 272 g/mol. The van der Waals surface area contributed by atoms with Crippen LogP contribution < -0.4 is 0 Å². The molecule has 0 aliphatic rings. The summed E-state index contributed by atoms with van der Waals surface area (Å²) in [6.45, 7) is 5.47. The second-order valence-electron chi connectivity index (χ2n) is 4.80. The molecule has 1 unspecified atom stereocenters. The van der Waals surface area contributed by atoms with Gasteiger partial charge < -0.3 is 4.90 Å². The lowest BCUT2D eigenvalue weighted by atomic mass is 9.99. The van der Waals surface area contributed by atoms with Crippen LogP contribution in [0.4, 0.5) is 0 Å². The monoisotopic (exact) mass is 292 g/mol. The van der Waals surface area contributed by atoms with Crippen LogP contribution in [0.15, 0.2) is 24.3 Å². The van der Waals surface area contributed by atoms with Gasteiger partial charge in [0.2, 0.25) is 5.91 Å². The van der Waals surface area contributed by atoms with E-state index in [0.717, 1.165) is 18.4 Å². The fourth-order valence-corrected chi connectivity index (χ4v) is 2.38. The smallest absolute Gasteiger partial charge is 0.240 e. The number of nitrogens with zero attached hydrogens (tertiary/aromatic N) is 2. The number of amides is 1. The summed E-state index contributed by atoms with van der Waals surface area (Å²) in [6, 6.07) is 9.49. The zero-order valence-electron chi connectivity index (χ0n) is 12.1. The molecule has 0 heterocycles. The van der Waals surface area contributed by atoms with Crippen molar-refractivity contribution >= 4 is 17.5 Å². The number of hydrogen-bond acceptors (Lipinski definition) is 2. The molecule has 20 heavy (non-hydrogen) atoms. The Hall–Kier alpha value is -1.53. The largest absolute Gasteiger partial charge is 0.342 e. The van der Waals surface area contributed by atoms with Crippen molar-refractivity contribution < 1.29 is 4.79 Å². The Bertz CT molecular complexity index is 476. The van der Waals surface area contributed by atoms with Gasteiger partial charge in [0.1, 0.15) is 5.92 Å². The molecule has 0 N–H and O–H groups in total. The van der Waals surface area contributed by atoms with Gasteiger partial charge in [-0.05, 0) is 30.9 Å². The van der Waals surface area contributed by atoms with Crippen LogP contribution >= 0.6 is 11.6 Å². The van der Waals surface area contributed by atoms with E-state index in [9.17, 15) is 10.1 Å². The van der Waals surface area contributed by atoms with E-state index in [-0.39, 0.29) is 5.91 Å². The predicted octanol–water partition coefficient (Wildman–Crippen LogP) is 3.67. The fraction of sp³-hybridized carbons (Fsp3) is 0.500. The maximum atomic E-state index is 12.4. The van der Waals surface area contributed by atoms with Crippen molar-refractivity contribution in [2.24, 2.45) is 5.92 Å². The Morgan fingerprint density at radius 3 is 2.40 bits per heavy atom. The van der Waals surface area contributed by atoms with Crippen LogP contribution in [0.3, 0.4) is 0 Å². The molecule has 4 heteroatoms. The van der Waals surface area contributed by atoms with E-state index >= 15 is 0 Å². The average Bonchev–Trinajstić information content (AvgIpc) is 2.45. The Labute approximate surface area is 126 Å². The normalized spacial score (nSPS) is 11.7. The third-order valence-electron chi connectivity index (χ3n) is 3.13. The van der Waals surface area contributed by atoms with Crippen molar-refractivity contribution in [1.29, 1.82) is 5.26 Å². The number of halogens is 1. The molecule has 0 aliphatic carbocycles. The molecule has 1 aromatic rings. The van der Waals surface area contributed by atoms with Gasteiger partial charge in [0.15, 0.2) is 0 Å². The molecule has 1 rings (SSSR count). The minimum atomic E-state index is -0.659. The Morgan fingerprint density at radius 1 is 1.30 bits per heavy atom. The summed E-state index contributed by atoms with van der Waals surface area (Å²) in [5.41, 5.74) is 0.849. The summed E-state index contributed by atoms with van der Waals surface area (Å²) in [5, 5.41) is 9.90. The van der Waals surface area contributed by atoms with Crippen molar-refractivity contribution in [3.63, 3.8) is 0 Å². The highest BCUT2D eigenvalue weighted by Gasteiger charge is 2.24. The zero-order valence-corrected chi connectivity index (χ0v) is 12.9. The summed E-state index contributed by atoms with van der Waals surface area (Å²) in [7, 11) is 0. The van der Waals surface area contributed by atoms with Gasteiger partial charge in [0, 0.05) is 18.1 Å². The van der Waals surface area contributed by atoms with Gasteiger partial charge in [-0.15, -0.1) is 0 Å². The summed E-state index contributed by atoms with van der Waals surface area (Å²) in [4.78, 5) is 14.2. The van der Waals surface area contributed by atoms with Gasteiger partial charge in [0.05, 0.1) is 6.07 Å². The van der Waals surface area contributed by atoms with Crippen LogP contribution in [-0.2, 0) is 11.2 Å². The molecule has 1 aromatic carbocycles. The minimum Gasteiger partial charge on any atom is -0.342 e. The molecule has 0 bridgehead atoms. The SMILES string of the molecule is CCCN(CCC)C(=O)C(C#N)Cc1ccccc1Cl. The highest BCUT2D eigenvalue weighted by Crippen LogP contribution is 2.20. The quantitative estimate of drug-likeness (QED) is 0.769. The third kappa shape index (κ3) is 4.54. The number of nitriles is 1. The lowest BCUT2D eigenvalue weighted by Gasteiger charge is -2.24. The third-order valence-corrected chi connectivity index (χ3v) is 3.50. The van der Waals surface area contributed by atoms with E-state index in [4.69, 9.17) is 11.6 Å². The van der Waals surface area contributed by atoms with Crippen LogP contribution in [0, 0.1) is 17.2 Å². The molecular formula is C16H21ClN2O. The van der Waals surface area contributed by atoms with Gasteiger partial charge in [-0.25, -0.2) is 0 Å². The Balaban J connectivity index is 2.82. The Morgan fingerprint density at radius 2 is 1.90 bits per heavy atom. The average molecular weight is 293 g/mol. The van der Waals surface area contributed by atoms with Crippen molar-refractivity contribution in [2.45, 2.75) is 33.1 Å². The van der Waals surface area contributed by atoms with E-state index < -0.39 is 5.92 Å². The number of benzene rings is 1. The minimum absolute atomic E-state index is 0.0869. The van der Waals surface area contributed by atoms with Crippen molar-refractivity contribution in [2.75, 3.05) is 13.1 Å². The Kier molecular flexibility index (Phi) is 7.11. The highest BCUT2D eigenvalue weighted by molar-refractivity contribution is 6.31. The van der Waals surface area contributed by atoms with Gasteiger partial charge in [-0.2, -0.15) is 5.26 Å². The van der Waals surface area contributed by atoms with Crippen molar-refractivity contribution in [3.05, 3.63) is 34.9 Å². The topological polar surface area (TPSA) is 44.1 Å². The summed E-state index contributed by atoms with van der Waals surface area (Å²) >= 11 is 6.10. The van der Waals surface area contributed by atoms with Gasteiger partial charge in [-0.1, -0.05) is 43.6 Å². The molecule has 1 atom stereocenters. The number of carbonyl (C=O) groups is 1. The van der Waals surface area contributed by atoms with E-state index in [1.807, 2.05) is 32.0 Å². The van der Waals surface area contributed by atoms with Gasteiger partial charge in [-0.3, -0.25) is 4.79 Å². The molecule has 0 radical (unpaired) electrons. The molecule has 0 spiro atoms. The molecule has 0 aromatic heterocycles. The molecule has 1 amide bonds. The highest BCUT2D eigenvalue weighted by atomic mass is 35.5. The van der Waals surface area contributed by atoms with Gasteiger partial charge in [0.25, 0.3) is 0 Å². The van der Waals surface area contributed by atoms with E-state index in [0.29, 0.717) is 24.5 Å². The van der Waals surface area contributed by atoms with E-state index in [2.05, 4.69) is 6.07 Å². The summed E-state index contributed by atoms with van der Waals surface area (Å²) < 4.78 is 0. The van der Waals surface area contributed by atoms with Crippen LogP contribution in [0.2, 0.25) is 5.02 Å². The second kappa shape index (κ2) is 8.60. The second-order valence-corrected chi connectivity index (χ2v) is 5.21. The number of carbonyl (C=O) groups excluding carboxylic acids is 1. The van der Waals surface area contributed by atoms with Crippen LogP contribution in [0.1, 0.15) is 32.3 Å². The number of hydrogen-bond donors (Lipinski definition) is 0. The first-order valence-corrected chi connectivity index (χ1v) is 7.43. The summed E-state index contributed by atoms with van der Waals surface area (Å²) in [5.74, 6) is -0.746. The predicted molar refractivity (Wildman–Crippen MR) is 81.4 cm³/mol.